The van der Waals surface area contributed by atoms with E-state index < -0.39 is 0 Å². The Kier molecular flexibility index (Phi) is 6.63. The van der Waals surface area contributed by atoms with Crippen LogP contribution in [-0.4, -0.2) is 29.5 Å². The Morgan fingerprint density at radius 2 is 1.69 bits per heavy atom. The molecule has 0 atom stereocenters. The molecule has 0 saturated heterocycles. The summed E-state index contributed by atoms with van der Waals surface area (Å²) >= 11 is 0. The summed E-state index contributed by atoms with van der Waals surface area (Å²) in [6, 6.07) is 17.3. The van der Waals surface area contributed by atoms with E-state index in [1.165, 1.54) is 12.5 Å². The van der Waals surface area contributed by atoms with Crippen molar-refractivity contribution in [3.63, 3.8) is 0 Å². The van der Waals surface area contributed by atoms with Gasteiger partial charge in [0.2, 0.25) is 11.9 Å². The number of hydrogen-bond acceptors (Lipinski definition) is 6. The Labute approximate surface area is 170 Å². The second-order valence-electron chi connectivity index (χ2n) is 6.63. The summed E-state index contributed by atoms with van der Waals surface area (Å²) in [5.41, 5.74) is 3.67. The fraction of sp³-hybridized carbons (Fsp3) is 0.227. The normalized spacial score (nSPS) is 10.3. The highest BCUT2D eigenvalue weighted by molar-refractivity contribution is 5.88. The van der Waals surface area contributed by atoms with Crippen LogP contribution in [0.5, 0.6) is 5.75 Å². The lowest BCUT2D eigenvalue weighted by Gasteiger charge is -2.11. The number of rotatable bonds is 8. The molecule has 0 spiro atoms. The number of benzene rings is 2. The number of hydrogen-bond donors (Lipinski definition) is 3. The second-order valence-corrected chi connectivity index (χ2v) is 6.63. The molecule has 0 unspecified atom stereocenters. The van der Waals surface area contributed by atoms with Crippen LogP contribution in [0.4, 0.5) is 23.1 Å². The fourth-order valence-electron chi connectivity index (χ4n) is 2.81. The van der Waals surface area contributed by atoms with Crippen molar-refractivity contribution in [3.8, 4) is 5.75 Å². The predicted octanol–water partition coefficient (Wildman–Crippen LogP) is 4.15. The van der Waals surface area contributed by atoms with Crippen molar-refractivity contribution in [1.82, 2.24) is 9.97 Å². The number of nitrogens with zero attached hydrogens (tertiary/aromatic N) is 2. The van der Waals surface area contributed by atoms with E-state index >= 15 is 0 Å². The first-order valence-corrected chi connectivity index (χ1v) is 9.39. The number of methoxy groups -OCH3 is 1. The first kappa shape index (κ1) is 20.1. The Bertz CT molecular complexity index is 956. The zero-order valence-corrected chi connectivity index (χ0v) is 16.8. The number of anilines is 4. The third kappa shape index (κ3) is 6.21. The smallest absolute Gasteiger partial charge is 0.229 e. The van der Waals surface area contributed by atoms with Crippen LogP contribution in [0.2, 0.25) is 0 Å². The lowest BCUT2D eigenvalue weighted by molar-refractivity contribution is -0.114. The number of carbonyl (C=O) groups excluding carboxylic acids is 1. The van der Waals surface area contributed by atoms with Crippen LogP contribution in [0.25, 0.3) is 0 Å². The molecule has 2 aromatic carbocycles. The molecule has 0 aliphatic carbocycles. The quantitative estimate of drug-likeness (QED) is 0.535. The number of ether oxygens (including phenoxy) is 1. The van der Waals surface area contributed by atoms with Gasteiger partial charge in [0.25, 0.3) is 0 Å². The van der Waals surface area contributed by atoms with Crippen molar-refractivity contribution < 1.29 is 9.53 Å². The minimum absolute atomic E-state index is 0.0990. The van der Waals surface area contributed by atoms with Crippen LogP contribution in [0.3, 0.4) is 0 Å². The van der Waals surface area contributed by atoms with Gasteiger partial charge in [-0.3, -0.25) is 4.79 Å². The summed E-state index contributed by atoms with van der Waals surface area (Å²) in [5, 5.41) is 9.29. The molecular formula is C22H25N5O2. The fourth-order valence-corrected chi connectivity index (χ4v) is 2.81. The van der Waals surface area contributed by atoms with Gasteiger partial charge in [-0.2, -0.15) is 4.98 Å². The van der Waals surface area contributed by atoms with Gasteiger partial charge in [-0.25, -0.2) is 4.98 Å². The second kappa shape index (κ2) is 9.54. The van der Waals surface area contributed by atoms with Crippen molar-refractivity contribution in [2.45, 2.75) is 20.3 Å². The van der Waals surface area contributed by atoms with Crippen LogP contribution in [-0.2, 0) is 11.2 Å². The molecule has 3 rings (SSSR count). The number of aryl methyl sites for hydroxylation is 1. The molecule has 0 fully saturated rings. The molecule has 3 N–H and O–H groups in total. The molecule has 1 heterocycles. The molecule has 0 radical (unpaired) electrons. The zero-order valence-electron chi connectivity index (χ0n) is 16.8. The van der Waals surface area contributed by atoms with Crippen LogP contribution >= 0.6 is 0 Å². The molecule has 150 valence electrons. The maximum absolute atomic E-state index is 11.1. The van der Waals surface area contributed by atoms with Crippen LogP contribution < -0.4 is 20.7 Å². The van der Waals surface area contributed by atoms with E-state index in [0.29, 0.717) is 5.95 Å². The van der Waals surface area contributed by atoms with E-state index in [9.17, 15) is 4.79 Å². The molecular weight excluding hydrogens is 366 g/mol. The monoisotopic (exact) mass is 391 g/mol. The molecule has 1 amide bonds. The third-order valence-corrected chi connectivity index (χ3v) is 4.19. The standard InChI is InChI=1S/C22H25N5O2/c1-15-14-21(23-13-12-17-4-10-20(29-3)11-5-17)27-22(24-15)26-19-8-6-18(7-9-19)25-16(2)28/h4-11,14H,12-13H2,1-3H3,(H,25,28)(H2,23,24,26,27). The minimum atomic E-state index is -0.0990. The molecule has 7 nitrogen and oxygen atoms in total. The SMILES string of the molecule is COc1ccc(CCNc2cc(C)nc(Nc3ccc(NC(C)=O)cc3)n2)cc1. The van der Waals surface area contributed by atoms with Crippen LogP contribution in [0.15, 0.2) is 54.6 Å². The first-order chi connectivity index (χ1) is 14.0. The van der Waals surface area contributed by atoms with Crippen LogP contribution in [0, 0.1) is 6.92 Å². The van der Waals surface area contributed by atoms with Gasteiger partial charge in [0.1, 0.15) is 11.6 Å². The van der Waals surface area contributed by atoms with E-state index in [2.05, 4.69) is 38.1 Å². The Balaban J connectivity index is 1.59. The predicted molar refractivity (Wildman–Crippen MR) is 116 cm³/mol. The van der Waals surface area contributed by atoms with Gasteiger partial charge < -0.3 is 20.7 Å². The van der Waals surface area contributed by atoms with Gasteiger partial charge >= 0.3 is 0 Å². The number of amides is 1. The molecule has 0 aliphatic heterocycles. The van der Waals surface area contributed by atoms with Gasteiger partial charge in [0, 0.05) is 36.6 Å². The summed E-state index contributed by atoms with van der Waals surface area (Å²) < 4.78 is 5.18. The van der Waals surface area contributed by atoms with Gasteiger partial charge in [-0.1, -0.05) is 12.1 Å². The summed E-state index contributed by atoms with van der Waals surface area (Å²) in [5.74, 6) is 2.04. The largest absolute Gasteiger partial charge is 0.497 e. The first-order valence-electron chi connectivity index (χ1n) is 9.39. The Morgan fingerprint density at radius 1 is 1.00 bits per heavy atom. The van der Waals surface area contributed by atoms with Crippen molar-refractivity contribution in [1.29, 1.82) is 0 Å². The Morgan fingerprint density at radius 3 is 2.34 bits per heavy atom. The van der Waals surface area contributed by atoms with Crippen molar-refractivity contribution in [2.75, 3.05) is 29.6 Å². The topological polar surface area (TPSA) is 88.2 Å². The van der Waals surface area contributed by atoms with Gasteiger partial charge in [0.05, 0.1) is 7.11 Å². The molecule has 29 heavy (non-hydrogen) atoms. The van der Waals surface area contributed by atoms with Crippen molar-refractivity contribution >= 4 is 29.0 Å². The van der Waals surface area contributed by atoms with Gasteiger partial charge in [0.15, 0.2) is 0 Å². The summed E-state index contributed by atoms with van der Waals surface area (Å²) in [6.45, 7) is 4.17. The summed E-state index contributed by atoms with van der Waals surface area (Å²) in [7, 11) is 1.66. The lowest BCUT2D eigenvalue weighted by atomic mass is 10.1. The molecule has 0 aliphatic rings. The van der Waals surface area contributed by atoms with E-state index in [4.69, 9.17) is 4.74 Å². The van der Waals surface area contributed by atoms with E-state index in [1.807, 2.05) is 49.4 Å². The van der Waals surface area contributed by atoms with Crippen LogP contribution in [0.1, 0.15) is 18.2 Å². The Hall–Kier alpha value is -3.61. The van der Waals surface area contributed by atoms with E-state index in [1.54, 1.807) is 7.11 Å². The van der Waals surface area contributed by atoms with Crippen molar-refractivity contribution in [3.05, 3.63) is 65.9 Å². The van der Waals surface area contributed by atoms with Gasteiger partial charge in [-0.05, 0) is 55.3 Å². The maximum atomic E-state index is 11.1. The summed E-state index contributed by atoms with van der Waals surface area (Å²) in [6.07, 6.45) is 0.875. The van der Waals surface area contributed by atoms with Gasteiger partial charge in [-0.15, -0.1) is 0 Å². The molecule has 3 aromatic rings. The van der Waals surface area contributed by atoms with E-state index in [-0.39, 0.29) is 5.91 Å². The van der Waals surface area contributed by atoms with Crippen molar-refractivity contribution in [2.24, 2.45) is 0 Å². The number of carbonyl (C=O) groups is 1. The molecule has 0 saturated carbocycles. The summed E-state index contributed by atoms with van der Waals surface area (Å²) in [4.78, 5) is 20.1. The zero-order chi connectivity index (χ0) is 20.6. The number of nitrogens with one attached hydrogen (secondary N) is 3. The average Bonchev–Trinajstić information content (AvgIpc) is 2.69. The molecule has 7 heteroatoms. The third-order valence-electron chi connectivity index (χ3n) is 4.19. The number of aromatic nitrogens is 2. The van der Waals surface area contributed by atoms with E-state index in [0.717, 1.165) is 41.6 Å². The molecule has 0 bridgehead atoms. The highest BCUT2D eigenvalue weighted by atomic mass is 16.5. The highest BCUT2D eigenvalue weighted by Crippen LogP contribution is 2.18. The average molecular weight is 391 g/mol. The highest BCUT2D eigenvalue weighted by Gasteiger charge is 2.04. The maximum Gasteiger partial charge on any atom is 0.229 e. The molecule has 1 aromatic heterocycles. The lowest BCUT2D eigenvalue weighted by Crippen LogP contribution is -2.09. The minimum Gasteiger partial charge on any atom is -0.497 e.